The first kappa shape index (κ1) is 12.5. The van der Waals surface area contributed by atoms with Crippen LogP contribution in [0.4, 0.5) is 6.01 Å². The SMILES string of the molecule is CC1CCC(O)(CNc2nc3ccccc3o2)CC1. The molecule has 2 aromatic rings. The molecular weight excluding hydrogens is 240 g/mol. The maximum atomic E-state index is 10.5. The monoisotopic (exact) mass is 260 g/mol. The number of hydrogen-bond acceptors (Lipinski definition) is 4. The van der Waals surface area contributed by atoms with Crippen molar-refractivity contribution in [2.75, 3.05) is 11.9 Å². The van der Waals surface area contributed by atoms with Gasteiger partial charge in [-0.1, -0.05) is 19.1 Å². The molecule has 2 N–H and O–H groups in total. The Labute approximate surface area is 112 Å². The Morgan fingerprint density at radius 2 is 2.11 bits per heavy atom. The molecule has 0 atom stereocenters. The zero-order chi connectivity index (χ0) is 13.3. The van der Waals surface area contributed by atoms with E-state index in [9.17, 15) is 5.11 Å². The summed E-state index contributed by atoms with van der Waals surface area (Å²) < 4.78 is 5.59. The molecule has 102 valence electrons. The van der Waals surface area contributed by atoms with Crippen LogP contribution < -0.4 is 5.32 Å². The summed E-state index contributed by atoms with van der Waals surface area (Å²) in [7, 11) is 0. The van der Waals surface area contributed by atoms with E-state index in [0.29, 0.717) is 12.6 Å². The van der Waals surface area contributed by atoms with Gasteiger partial charge in [0, 0.05) is 6.54 Å². The Bertz CT molecular complexity index is 523. The number of para-hydroxylation sites is 2. The highest BCUT2D eigenvalue weighted by Gasteiger charge is 2.31. The molecule has 0 saturated heterocycles. The van der Waals surface area contributed by atoms with Crippen LogP contribution >= 0.6 is 0 Å². The average molecular weight is 260 g/mol. The average Bonchev–Trinajstić information content (AvgIpc) is 2.83. The number of nitrogens with one attached hydrogen (secondary N) is 1. The van der Waals surface area contributed by atoms with Crippen molar-refractivity contribution in [2.24, 2.45) is 5.92 Å². The molecule has 1 aliphatic carbocycles. The summed E-state index contributed by atoms with van der Waals surface area (Å²) in [4.78, 5) is 4.35. The number of oxazole rings is 1. The van der Waals surface area contributed by atoms with Crippen molar-refractivity contribution >= 4 is 17.1 Å². The molecule has 1 aromatic carbocycles. The fourth-order valence-electron chi connectivity index (χ4n) is 2.66. The lowest BCUT2D eigenvalue weighted by molar-refractivity contribution is 0.00463. The molecule has 1 saturated carbocycles. The van der Waals surface area contributed by atoms with Gasteiger partial charge in [-0.15, -0.1) is 0 Å². The molecule has 19 heavy (non-hydrogen) atoms. The van der Waals surface area contributed by atoms with E-state index in [1.165, 1.54) is 0 Å². The fourth-order valence-corrected chi connectivity index (χ4v) is 2.66. The van der Waals surface area contributed by atoms with Gasteiger partial charge in [-0.05, 0) is 43.7 Å². The summed E-state index contributed by atoms with van der Waals surface area (Å²) in [6, 6.07) is 8.16. The smallest absolute Gasteiger partial charge is 0.295 e. The van der Waals surface area contributed by atoms with E-state index in [1.807, 2.05) is 24.3 Å². The van der Waals surface area contributed by atoms with E-state index in [0.717, 1.165) is 42.7 Å². The number of aliphatic hydroxyl groups is 1. The molecule has 4 heteroatoms. The zero-order valence-electron chi connectivity index (χ0n) is 11.2. The summed E-state index contributed by atoms with van der Waals surface area (Å²) >= 11 is 0. The first-order valence-corrected chi connectivity index (χ1v) is 6.96. The number of hydrogen-bond donors (Lipinski definition) is 2. The second kappa shape index (κ2) is 4.85. The molecule has 1 aromatic heterocycles. The summed E-state index contributed by atoms with van der Waals surface area (Å²) in [6.07, 6.45) is 3.88. The van der Waals surface area contributed by atoms with Gasteiger partial charge in [0.15, 0.2) is 5.58 Å². The highest BCUT2D eigenvalue weighted by molar-refractivity contribution is 5.74. The van der Waals surface area contributed by atoms with E-state index in [1.54, 1.807) is 0 Å². The lowest BCUT2D eigenvalue weighted by Crippen LogP contribution is -2.40. The molecule has 0 radical (unpaired) electrons. The van der Waals surface area contributed by atoms with Crippen molar-refractivity contribution in [1.82, 2.24) is 4.98 Å². The number of aromatic nitrogens is 1. The molecule has 3 rings (SSSR count). The van der Waals surface area contributed by atoms with Crippen LogP contribution in [0, 0.1) is 5.92 Å². The first-order valence-electron chi connectivity index (χ1n) is 6.96. The summed E-state index contributed by atoms with van der Waals surface area (Å²) in [5.41, 5.74) is 0.996. The van der Waals surface area contributed by atoms with Gasteiger partial charge in [0.25, 0.3) is 6.01 Å². The predicted molar refractivity (Wildman–Crippen MR) is 75.1 cm³/mol. The van der Waals surface area contributed by atoms with Crippen molar-refractivity contribution in [3.63, 3.8) is 0 Å². The minimum absolute atomic E-state index is 0.494. The Morgan fingerprint density at radius 1 is 1.37 bits per heavy atom. The van der Waals surface area contributed by atoms with Crippen LogP contribution in [0.3, 0.4) is 0 Å². The third-order valence-electron chi connectivity index (χ3n) is 4.07. The van der Waals surface area contributed by atoms with E-state index in [-0.39, 0.29) is 0 Å². The van der Waals surface area contributed by atoms with Gasteiger partial charge < -0.3 is 14.8 Å². The molecular formula is C15H20N2O2. The van der Waals surface area contributed by atoms with E-state index < -0.39 is 5.60 Å². The molecule has 0 spiro atoms. The van der Waals surface area contributed by atoms with Crippen molar-refractivity contribution in [3.05, 3.63) is 24.3 Å². The highest BCUT2D eigenvalue weighted by Crippen LogP contribution is 2.32. The molecule has 1 fully saturated rings. The number of benzene rings is 1. The third-order valence-corrected chi connectivity index (χ3v) is 4.07. The van der Waals surface area contributed by atoms with Gasteiger partial charge >= 0.3 is 0 Å². The summed E-state index contributed by atoms with van der Waals surface area (Å²) in [6.45, 7) is 2.75. The van der Waals surface area contributed by atoms with Gasteiger partial charge in [0.05, 0.1) is 5.60 Å². The van der Waals surface area contributed by atoms with Crippen LogP contribution in [0.25, 0.3) is 11.1 Å². The van der Waals surface area contributed by atoms with E-state index in [2.05, 4.69) is 17.2 Å². The molecule has 0 amide bonds. The maximum Gasteiger partial charge on any atom is 0.295 e. The Morgan fingerprint density at radius 3 is 2.84 bits per heavy atom. The van der Waals surface area contributed by atoms with Crippen molar-refractivity contribution in [1.29, 1.82) is 0 Å². The van der Waals surface area contributed by atoms with Crippen LogP contribution in [0.5, 0.6) is 0 Å². The number of nitrogens with zero attached hydrogens (tertiary/aromatic N) is 1. The number of fused-ring (bicyclic) bond motifs is 1. The Hall–Kier alpha value is -1.55. The van der Waals surface area contributed by atoms with E-state index in [4.69, 9.17) is 4.42 Å². The maximum absolute atomic E-state index is 10.5. The van der Waals surface area contributed by atoms with Gasteiger partial charge in [-0.3, -0.25) is 0 Å². The lowest BCUT2D eigenvalue weighted by Gasteiger charge is -2.34. The number of rotatable bonds is 3. The van der Waals surface area contributed by atoms with Crippen LogP contribution in [0.1, 0.15) is 32.6 Å². The van der Waals surface area contributed by atoms with Crippen LogP contribution in [0.2, 0.25) is 0 Å². The van der Waals surface area contributed by atoms with Gasteiger partial charge in [-0.25, -0.2) is 0 Å². The summed E-state index contributed by atoms with van der Waals surface area (Å²) in [5, 5.41) is 13.6. The standard InChI is InChI=1S/C15H20N2O2/c1-11-6-8-15(18,9-7-11)10-16-14-17-12-4-2-3-5-13(12)19-14/h2-5,11,18H,6-10H2,1H3,(H,16,17). The Balaban J connectivity index is 1.65. The molecule has 1 aliphatic rings. The second-order valence-electron chi connectivity index (χ2n) is 5.75. The van der Waals surface area contributed by atoms with Crippen LogP contribution in [-0.2, 0) is 0 Å². The van der Waals surface area contributed by atoms with Crippen molar-refractivity contribution in [2.45, 2.75) is 38.2 Å². The van der Waals surface area contributed by atoms with Crippen molar-refractivity contribution in [3.8, 4) is 0 Å². The zero-order valence-corrected chi connectivity index (χ0v) is 11.2. The molecule has 0 unspecified atom stereocenters. The molecule has 4 nitrogen and oxygen atoms in total. The predicted octanol–water partition coefficient (Wildman–Crippen LogP) is 3.18. The van der Waals surface area contributed by atoms with E-state index >= 15 is 0 Å². The normalized spacial score (nSPS) is 27.6. The minimum Gasteiger partial charge on any atom is -0.424 e. The van der Waals surface area contributed by atoms with Gasteiger partial charge in [0.1, 0.15) is 5.52 Å². The quantitative estimate of drug-likeness (QED) is 0.890. The largest absolute Gasteiger partial charge is 0.424 e. The van der Waals surface area contributed by atoms with Gasteiger partial charge in [-0.2, -0.15) is 4.98 Å². The molecule has 0 aliphatic heterocycles. The number of anilines is 1. The second-order valence-corrected chi connectivity index (χ2v) is 5.75. The van der Waals surface area contributed by atoms with Crippen molar-refractivity contribution < 1.29 is 9.52 Å². The summed E-state index contributed by atoms with van der Waals surface area (Å²) in [5.74, 6) is 0.726. The fraction of sp³-hybridized carbons (Fsp3) is 0.533. The minimum atomic E-state index is -0.618. The lowest BCUT2D eigenvalue weighted by atomic mass is 9.79. The first-order chi connectivity index (χ1) is 9.15. The molecule has 0 bridgehead atoms. The topological polar surface area (TPSA) is 58.3 Å². The highest BCUT2D eigenvalue weighted by atomic mass is 16.4. The van der Waals surface area contributed by atoms with Gasteiger partial charge in [0.2, 0.25) is 0 Å². The molecule has 1 heterocycles. The Kier molecular flexibility index (Phi) is 3.19. The van der Waals surface area contributed by atoms with Crippen LogP contribution in [-0.4, -0.2) is 22.2 Å². The third kappa shape index (κ3) is 2.73. The van der Waals surface area contributed by atoms with Crippen LogP contribution in [0.15, 0.2) is 28.7 Å².